The number of hydrogen-bond donors (Lipinski definition) is 2. The zero-order valence-electron chi connectivity index (χ0n) is 14.1. The van der Waals surface area contributed by atoms with Gasteiger partial charge in [0.05, 0.1) is 19.2 Å². The SMILES string of the molecule is COc1ccccc1N1CCC(NC(=O)Cc2ccc(N)cc2)C1=O. The zero-order chi connectivity index (χ0) is 17.8. The largest absolute Gasteiger partial charge is 0.495 e. The van der Waals surface area contributed by atoms with Crippen LogP contribution in [-0.4, -0.2) is 31.5 Å². The predicted molar refractivity (Wildman–Crippen MR) is 96.5 cm³/mol. The van der Waals surface area contributed by atoms with E-state index >= 15 is 0 Å². The fourth-order valence-electron chi connectivity index (χ4n) is 2.97. The molecule has 2 aromatic rings. The van der Waals surface area contributed by atoms with Crippen molar-refractivity contribution in [2.45, 2.75) is 18.9 Å². The molecule has 1 atom stereocenters. The second-order valence-corrected chi connectivity index (χ2v) is 5.99. The highest BCUT2D eigenvalue weighted by molar-refractivity contribution is 6.02. The minimum Gasteiger partial charge on any atom is -0.495 e. The van der Waals surface area contributed by atoms with E-state index in [2.05, 4.69) is 5.32 Å². The Balaban J connectivity index is 1.64. The van der Waals surface area contributed by atoms with Crippen LogP contribution in [0.15, 0.2) is 48.5 Å². The van der Waals surface area contributed by atoms with E-state index in [1.165, 1.54) is 0 Å². The molecule has 0 saturated carbocycles. The van der Waals surface area contributed by atoms with Crippen LogP contribution >= 0.6 is 0 Å². The number of carbonyl (C=O) groups excluding carboxylic acids is 2. The summed E-state index contributed by atoms with van der Waals surface area (Å²) in [6, 6.07) is 14.0. The summed E-state index contributed by atoms with van der Waals surface area (Å²) in [5, 5.41) is 2.83. The van der Waals surface area contributed by atoms with E-state index in [1.54, 1.807) is 24.1 Å². The van der Waals surface area contributed by atoms with Gasteiger partial charge in [0, 0.05) is 12.2 Å². The lowest BCUT2D eigenvalue weighted by Crippen LogP contribution is -2.42. The molecule has 6 nitrogen and oxygen atoms in total. The normalized spacial score (nSPS) is 16.8. The molecule has 1 aliphatic rings. The number of nitrogen functional groups attached to an aromatic ring is 1. The minimum absolute atomic E-state index is 0.116. The molecular weight excluding hydrogens is 318 g/mol. The number of anilines is 2. The van der Waals surface area contributed by atoms with Gasteiger partial charge in [-0.25, -0.2) is 0 Å². The first-order valence-electron chi connectivity index (χ1n) is 8.16. The topological polar surface area (TPSA) is 84.7 Å². The lowest BCUT2D eigenvalue weighted by atomic mass is 10.1. The number of para-hydroxylation sites is 2. The van der Waals surface area contributed by atoms with E-state index in [0.29, 0.717) is 24.4 Å². The monoisotopic (exact) mass is 339 g/mol. The Morgan fingerprint density at radius 2 is 1.96 bits per heavy atom. The van der Waals surface area contributed by atoms with Crippen molar-refractivity contribution in [3.05, 3.63) is 54.1 Å². The van der Waals surface area contributed by atoms with Gasteiger partial charge in [-0.15, -0.1) is 0 Å². The van der Waals surface area contributed by atoms with Crippen LogP contribution in [0.1, 0.15) is 12.0 Å². The summed E-state index contributed by atoms with van der Waals surface area (Å²) in [5.41, 5.74) is 7.88. The van der Waals surface area contributed by atoms with Gasteiger partial charge in [0.2, 0.25) is 11.8 Å². The molecule has 2 amide bonds. The molecule has 3 rings (SSSR count). The Bertz CT molecular complexity index is 774. The minimum atomic E-state index is -0.508. The van der Waals surface area contributed by atoms with Gasteiger partial charge < -0.3 is 20.7 Å². The first-order chi connectivity index (χ1) is 12.1. The predicted octanol–water partition coefficient (Wildman–Crippen LogP) is 1.74. The number of amides is 2. The molecule has 0 radical (unpaired) electrons. The lowest BCUT2D eigenvalue weighted by molar-refractivity contribution is -0.126. The number of nitrogens with two attached hydrogens (primary N) is 1. The number of ether oxygens (including phenoxy) is 1. The first kappa shape index (κ1) is 16.8. The van der Waals surface area contributed by atoms with Gasteiger partial charge in [0.15, 0.2) is 0 Å². The maximum Gasteiger partial charge on any atom is 0.249 e. The number of rotatable bonds is 5. The van der Waals surface area contributed by atoms with E-state index in [4.69, 9.17) is 10.5 Å². The van der Waals surface area contributed by atoms with E-state index in [-0.39, 0.29) is 18.2 Å². The van der Waals surface area contributed by atoms with E-state index < -0.39 is 6.04 Å². The molecule has 0 bridgehead atoms. The maximum absolute atomic E-state index is 12.6. The smallest absolute Gasteiger partial charge is 0.249 e. The lowest BCUT2D eigenvalue weighted by Gasteiger charge is -2.19. The molecule has 130 valence electrons. The number of nitrogens with one attached hydrogen (secondary N) is 1. The highest BCUT2D eigenvalue weighted by Gasteiger charge is 2.34. The van der Waals surface area contributed by atoms with Crippen molar-refractivity contribution in [2.75, 3.05) is 24.3 Å². The van der Waals surface area contributed by atoms with Crippen molar-refractivity contribution < 1.29 is 14.3 Å². The number of hydrogen-bond acceptors (Lipinski definition) is 4. The van der Waals surface area contributed by atoms with Gasteiger partial charge in [-0.2, -0.15) is 0 Å². The molecule has 25 heavy (non-hydrogen) atoms. The zero-order valence-corrected chi connectivity index (χ0v) is 14.1. The third kappa shape index (κ3) is 3.74. The highest BCUT2D eigenvalue weighted by atomic mass is 16.5. The Hall–Kier alpha value is -3.02. The molecule has 6 heteroatoms. The van der Waals surface area contributed by atoms with Gasteiger partial charge >= 0.3 is 0 Å². The fraction of sp³-hybridized carbons (Fsp3) is 0.263. The molecule has 0 aliphatic carbocycles. The average Bonchev–Trinajstić information content (AvgIpc) is 2.97. The van der Waals surface area contributed by atoms with Gasteiger partial charge in [-0.3, -0.25) is 9.59 Å². The Labute approximate surface area is 146 Å². The molecule has 1 heterocycles. The van der Waals surface area contributed by atoms with Crippen LogP contribution in [0.4, 0.5) is 11.4 Å². The summed E-state index contributed by atoms with van der Waals surface area (Å²) in [5.74, 6) is 0.352. The summed E-state index contributed by atoms with van der Waals surface area (Å²) < 4.78 is 5.32. The van der Waals surface area contributed by atoms with E-state index in [1.807, 2.05) is 36.4 Å². The molecule has 1 aliphatic heterocycles. The Kier molecular flexibility index (Phi) is 4.88. The van der Waals surface area contributed by atoms with Crippen LogP contribution < -0.4 is 20.7 Å². The maximum atomic E-state index is 12.6. The van der Waals surface area contributed by atoms with E-state index in [0.717, 1.165) is 11.3 Å². The third-order valence-electron chi connectivity index (χ3n) is 4.26. The van der Waals surface area contributed by atoms with Crippen molar-refractivity contribution in [2.24, 2.45) is 0 Å². The van der Waals surface area contributed by atoms with Crippen LogP contribution in [0.5, 0.6) is 5.75 Å². The van der Waals surface area contributed by atoms with Crippen molar-refractivity contribution in [1.82, 2.24) is 5.32 Å². The van der Waals surface area contributed by atoms with Gasteiger partial charge in [-0.05, 0) is 36.2 Å². The summed E-state index contributed by atoms with van der Waals surface area (Å²) >= 11 is 0. The van der Waals surface area contributed by atoms with Crippen LogP contribution in [0.25, 0.3) is 0 Å². The first-order valence-corrected chi connectivity index (χ1v) is 8.16. The molecule has 2 aromatic carbocycles. The fourth-order valence-corrected chi connectivity index (χ4v) is 2.97. The standard InChI is InChI=1S/C19H21N3O3/c1-25-17-5-3-2-4-16(17)22-11-10-15(19(22)24)21-18(23)12-13-6-8-14(20)9-7-13/h2-9,15H,10-12,20H2,1H3,(H,21,23). The molecule has 1 unspecified atom stereocenters. The molecular formula is C19H21N3O3. The number of nitrogens with zero attached hydrogens (tertiary/aromatic N) is 1. The van der Waals surface area contributed by atoms with Gasteiger partial charge in [0.25, 0.3) is 0 Å². The van der Waals surface area contributed by atoms with Crippen LogP contribution in [0.3, 0.4) is 0 Å². The van der Waals surface area contributed by atoms with Crippen molar-refractivity contribution >= 4 is 23.2 Å². The van der Waals surface area contributed by atoms with Crippen LogP contribution in [0, 0.1) is 0 Å². The second-order valence-electron chi connectivity index (χ2n) is 5.99. The average molecular weight is 339 g/mol. The highest BCUT2D eigenvalue weighted by Crippen LogP contribution is 2.31. The third-order valence-corrected chi connectivity index (χ3v) is 4.26. The number of carbonyl (C=O) groups is 2. The molecule has 0 spiro atoms. The number of benzene rings is 2. The van der Waals surface area contributed by atoms with Crippen LogP contribution in [0.2, 0.25) is 0 Å². The quantitative estimate of drug-likeness (QED) is 0.813. The molecule has 0 aromatic heterocycles. The van der Waals surface area contributed by atoms with Crippen LogP contribution in [-0.2, 0) is 16.0 Å². The Morgan fingerprint density at radius 1 is 1.24 bits per heavy atom. The summed E-state index contributed by atoms with van der Waals surface area (Å²) in [4.78, 5) is 26.5. The van der Waals surface area contributed by atoms with Gasteiger partial charge in [0.1, 0.15) is 11.8 Å². The molecule has 3 N–H and O–H groups in total. The van der Waals surface area contributed by atoms with E-state index in [9.17, 15) is 9.59 Å². The molecule has 1 saturated heterocycles. The second kappa shape index (κ2) is 7.25. The number of methoxy groups -OCH3 is 1. The summed E-state index contributed by atoms with van der Waals surface area (Å²) in [7, 11) is 1.57. The van der Waals surface area contributed by atoms with Crippen molar-refractivity contribution in [3.8, 4) is 5.75 Å². The summed E-state index contributed by atoms with van der Waals surface area (Å²) in [6.07, 6.45) is 0.795. The summed E-state index contributed by atoms with van der Waals surface area (Å²) in [6.45, 7) is 0.548. The Morgan fingerprint density at radius 3 is 2.68 bits per heavy atom. The molecule has 1 fully saturated rings. The van der Waals surface area contributed by atoms with Crippen molar-refractivity contribution in [1.29, 1.82) is 0 Å². The van der Waals surface area contributed by atoms with Crippen molar-refractivity contribution in [3.63, 3.8) is 0 Å². The van der Waals surface area contributed by atoms with Gasteiger partial charge in [-0.1, -0.05) is 24.3 Å².